The molecule has 1 aromatic carbocycles. The van der Waals surface area contributed by atoms with E-state index < -0.39 is 11.0 Å². The number of hydrogen-bond donors (Lipinski definition) is 1. The van der Waals surface area contributed by atoms with Crippen LogP contribution in [0.2, 0.25) is 0 Å². The highest BCUT2D eigenvalue weighted by atomic mass is 16.6. The molecule has 0 aromatic heterocycles. The van der Waals surface area contributed by atoms with E-state index in [0.29, 0.717) is 11.3 Å². The first kappa shape index (κ1) is 12.0. The zero-order valence-corrected chi connectivity index (χ0v) is 8.71. The summed E-state index contributed by atoms with van der Waals surface area (Å²) >= 11 is 0. The van der Waals surface area contributed by atoms with Gasteiger partial charge in [-0.1, -0.05) is 5.92 Å². The molecule has 0 amide bonds. The molecule has 0 heterocycles. The van der Waals surface area contributed by atoms with Crippen LogP contribution in [-0.4, -0.2) is 16.6 Å². The Morgan fingerprint density at radius 1 is 1.69 bits per heavy atom. The number of nitro groups is 1. The molecule has 5 heteroatoms. The average Bonchev–Trinajstić information content (AvgIpc) is 2.25. The number of ether oxygens (including phenoxy) is 1. The molecular weight excluding hydrogens is 210 g/mol. The van der Waals surface area contributed by atoms with Crippen molar-refractivity contribution in [1.82, 2.24) is 0 Å². The van der Waals surface area contributed by atoms with Gasteiger partial charge < -0.3 is 9.84 Å². The summed E-state index contributed by atoms with van der Waals surface area (Å²) in [6.45, 7) is 1.55. The third kappa shape index (κ3) is 2.72. The molecular formula is C11H11NO4. The van der Waals surface area contributed by atoms with Gasteiger partial charge in [0.1, 0.15) is 12.4 Å². The van der Waals surface area contributed by atoms with Gasteiger partial charge in [0.15, 0.2) is 0 Å². The van der Waals surface area contributed by atoms with Crippen molar-refractivity contribution in [2.24, 2.45) is 0 Å². The summed E-state index contributed by atoms with van der Waals surface area (Å²) in [5.74, 6) is 2.64. The minimum Gasteiger partial charge on any atom is -0.481 e. The van der Waals surface area contributed by atoms with Crippen LogP contribution in [0, 0.1) is 22.5 Å². The normalized spacial score (nSPS) is 11.6. The molecule has 0 saturated heterocycles. The Balaban J connectivity index is 3.10. The number of nitrogens with zero attached hydrogens (tertiary/aromatic N) is 1. The van der Waals surface area contributed by atoms with E-state index in [-0.39, 0.29) is 12.3 Å². The second-order valence-corrected chi connectivity index (χ2v) is 3.15. The van der Waals surface area contributed by atoms with Gasteiger partial charge in [-0.25, -0.2) is 0 Å². The van der Waals surface area contributed by atoms with Crippen LogP contribution >= 0.6 is 0 Å². The van der Waals surface area contributed by atoms with Gasteiger partial charge in [0.05, 0.1) is 11.0 Å². The summed E-state index contributed by atoms with van der Waals surface area (Å²) in [4.78, 5) is 10.0. The van der Waals surface area contributed by atoms with Crippen LogP contribution in [0.5, 0.6) is 5.75 Å². The second-order valence-electron chi connectivity index (χ2n) is 3.15. The molecule has 1 N–H and O–H groups in total. The highest BCUT2D eigenvalue weighted by Crippen LogP contribution is 2.29. The van der Waals surface area contributed by atoms with Crippen molar-refractivity contribution in [3.63, 3.8) is 0 Å². The van der Waals surface area contributed by atoms with E-state index >= 15 is 0 Å². The predicted molar refractivity (Wildman–Crippen MR) is 58.1 cm³/mol. The minimum atomic E-state index is -0.854. The maximum Gasteiger partial charge on any atom is 0.270 e. The molecule has 16 heavy (non-hydrogen) atoms. The molecule has 0 bridgehead atoms. The highest BCUT2D eigenvalue weighted by Gasteiger charge is 2.14. The van der Waals surface area contributed by atoms with Crippen LogP contribution in [0.1, 0.15) is 18.6 Å². The molecule has 1 unspecified atom stereocenters. The lowest BCUT2D eigenvalue weighted by Gasteiger charge is -2.11. The fourth-order valence-corrected chi connectivity index (χ4v) is 1.23. The van der Waals surface area contributed by atoms with E-state index in [9.17, 15) is 15.2 Å². The van der Waals surface area contributed by atoms with Crippen molar-refractivity contribution >= 4 is 5.69 Å². The molecule has 84 valence electrons. The summed E-state index contributed by atoms with van der Waals surface area (Å²) in [6.07, 6.45) is 4.18. The summed E-state index contributed by atoms with van der Waals surface area (Å²) in [5.41, 5.74) is 0.258. The highest BCUT2D eigenvalue weighted by molar-refractivity contribution is 5.44. The first-order valence-electron chi connectivity index (χ1n) is 4.59. The standard InChI is InChI=1S/C11H11NO4/c1-3-6-16-11-5-4-9(12(14)15)7-10(11)8(2)13/h1,4-5,7-8,13H,6H2,2H3. The first-order chi connectivity index (χ1) is 7.56. The Kier molecular flexibility index (Phi) is 3.86. The largest absolute Gasteiger partial charge is 0.481 e. The molecule has 0 aliphatic heterocycles. The Morgan fingerprint density at radius 3 is 2.88 bits per heavy atom. The van der Waals surface area contributed by atoms with Crippen molar-refractivity contribution in [3.8, 4) is 18.1 Å². The van der Waals surface area contributed by atoms with Crippen molar-refractivity contribution in [1.29, 1.82) is 0 Å². The van der Waals surface area contributed by atoms with Gasteiger partial charge in [-0.15, -0.1) is 6.42 Å². The number of aliphatic hydroxyl groups is 1. The lowest BCUT2D eigenvalue weighted by atomic mass is 10.1. The number of benzene rings is 1. The van der Waals surface area contributed by atoms with Gasteiger partial charge in [-0.3, -0.25) is 10.1 Å². The zero-order valence-electron chi connectivity index (χ0n) is 8.71. The lowest BCUT2D eigenvalue weighted by Crippen LogP contribution is -2.01. The summed E-state index contributed by atoms with van der Waals surface area (Å²) in [5, 5.41) is 20.0. The van der Waals surface area contributed by atoms with Gasteiger partial charge in [0.2, 0.25) is 0 Å². The molecule has 0 aliphatic carbocycles. The number of terminal acetylenes is 1. The number of aliphatic hydroxyl groups excluding tert-OH is 1. The van der Waals surface area contributed by atoms with Gasteiger partial charge in [-0.2, -0.15) is 0 Å². The zero-order chi connectivity index (χ0) is 12.1. The van der Waals surface area contributed by atoms with Gasteiger partial charge >= 0.3 is 0 Å². The van der Waals surface area contributed by atoms with Crippen LogP contribution in [0.3, 0.4) is 0 Å². The van der Waals surface area contributed by atoms with E-state index in [1.165, 1.54) is 25.1 Å². The molecule has 1 rings (SSSR count). The number of nitro benzene ring substituents is 1. The van der Waals surface area contributed by atoms with Crippen LogP contribution in [-0.2, 0) is 0 Å². The van der Waals surface area contributed by atoms with Crippen molar-refractivity contribution < 1.29 is 14.8 Å². The molecule has 5 nitrogen and oxygen atoms in total. The summed E-state index contributed by atoms with van der Waals surface area (Å²) in [6, 6.07) is 4.01. The lowest BCUT2D eigenvalue weighted by molar-refractivity contribution is -0.385. The van der Waals surface area contributed by atoms with Crippen LogP contribution < -0.4 is 4.74 Å². The molecule has 1 atom stereocenters. The van der Waals surface area contributed by atoms with Gasteiger partial charge in [0, 0.05) is 17.7 Å². The molecule has 0 aliphatic rings. The quantitative estimate of drug-likeness (QED) is 0.476. The average molecular weight is 221 g/mol. The predicted octanol–water partition coefficient (Wildman–Crippen LogP) is 1.66. The summed E-state index contributed by atoms with van der Waals surface area (Å²) < 4.78 is 5.16. The van der Waals surface area contributed by atoms with E-state index in [4.69, 9.17) is 11.2 Å². The van der Waals surface area contributed by atoms with Crippen LogP contribution in [0.4, 0.5) is 5.69 Å². The Labute approximate surface area is 92.8 Å². The fraction of sp³-hybridized carbons (Fsp3) is 0.273. The molecule has 0 fully saturated rings. The van der Waals surface area contributed by atoms with E-state index in [1.807, 2.05) is 0 Å². The molecule has 0 saturated carbocycles. The number of non-ortho nitro benzene ring substituents is 1. The van der Waals surface area contributed by atoms with Crippen LogP contribution in [0.15, 0.2) is 18.2 Å². The van der Waals surface area contributed by atoms with Crippen LogP contribution in [0.25, 0.3) is 0 Å². The van der Waals surface area contributed by atoms with E-state index in [0.717, 1.165) is 0 Å². The van der Waals surface area contributed by atoms with E-state index in [1.54, 1.807) is 0 Å². The van der Waals surface area contributed by atoms with Crippen molar-refractivity contribution in [2.75, 3.05) is 6.61 Å². The van der Waals surface area contributed by atoms with Gasteiger partial charge in [-0.05, 0) is 13.0 Å². The van der Waals surface area contributed by atoms with E-state index in [2.05, 4.69) is 5.92 Å². The number of hydrogen-bond acceptors (Lipinski definition) is 4. The Bertz CT molecular complexity index is 434. The maximum absolute atomic E-state index is 10.6. The monoisotopic (exact) mass is 221 g/mol. The Hall–Kier alpha value is -2.06. The Morgan fingerprint density at radius 2 is 2.38 bits per heavy atom. The third-order valence-electron chi connectivity index (χ3n) is 1.97. The molecule has 0 radical (unpaired) electrons. The maximum atomic E-state index is 10.6. The van der Waals surface area contributed by atoms with Crippen molar-refractivity contribution in [2.45, 2.75) is 13.0 Å². The summed E-state index contributed by atoms with van der Waals surface area (Å²) in [7, 11) is 0. The molecule has 0 spiro atoms. The SMILES string of the molecule is C#CCOc1ccc([N+](=O)[O-])cc1C(C)O. The number of rotatable bonds is 4. The second kappa shape index (κ2) is 5.14. The smallest absolute Gasteiger partial charge is 0.270 e. The third-order valence-corrected chi connectivity index (χ3v) is 1.97. The topological polar surface area (TPSA) is 72.6 Å². The fourth-order valence-electron chi connectivity index (χ4n) is 1.23. The first-order valence-corrected chi connectivity index (χ1v) is 4.59. The minimum absolute atomic E-state index is 0.0531. The van der Waals surface area contributed by atoms with Gasteiger partial charge in [0.25, 0.3) is 5.69 Å². The molecule has 1 aromatic rings. The van der Waals surface area contributed by atoms with Crippen molar-refractivity contribution in [3.05, 3.63) is 33.9 Å².